The molecule has 0 aliphatic carbocycles. The van der Waals surface area contributed by atoms with Gasteiger partial charge >= 0.3 is 5.69 Å². The molecule has 0 saturated heterocycles. The number of rotatable bonds is 2. The van der Waals surface area contributed by atoms with Gasteiger partial charge < -0.3 is 9.40 Å². The van der Waals surface area contributed by atoms with Crippen LogP contribution in [0.15, 0.2) is 35.4 Å². The topological polar surface area (TPSA) is 87.7 Å². The SMILES string of the molecule is Cn1ccc(On2nnc3cccnc32)nc1=O. The van der Waals surface area contributed by atoms with Gasteiger partial charge in [-0.05, 0) is 17.3 Å². The van der Waals surface area contributed by atoms with Crippen LogP contribution in [0, 0.1) is 0 Å². The van der Waals surface area contributed by atoms with Gasteiger partial charge in [-0.2, -0.15) is 4.98 Å². The maximum absolute atomic E-state index is 11.3. The van der Waals surface area contributed by atoms with Crippen molar-refractivity contribution in [3.05, 3.63) is 41.1 Å². The molecule has 0 radical (unpaired) electrons. The van der Waals surface area contributed by atoms with Crippen LogP contribution in [-0.2, 0) is 7.05 Å². The second-order valence-corrected chi connectivity index (χ2v) is 3.56. The molecule has 3 heterocycles. The van der Waals surface area contributed by atoms with Crippen LogP contribution in [0.1, 0.15) is 0 Å². The summed E-state index contributed by atoms with van der Waals surface area (Å²) in [6.07, 6.45) is 3.15. The minimum Gasteiger partial charge on any atom is -0.334 e. The van der Waals surface area contributed by atoms with Crippen LogP contribution < -0.4 is 10.5 Å². The first kappa shape index (κ1) is 10.4. The molecule has 0 fully saturated rings. The van der Waals surface area contributed by atoms with Crippen molar-refractivity contribution in [2.75, 3.05) is 0 Å². The first-order chi connectivity index (χ1) is 8.74. The molecule has 3 aromatic heterocycles. The summed E-state index contributed by atoms with van der Waals surface area (Å²) < 4.78 is 1.34. The minimum absolute atomic E-state index is 0.135. The largest absolute Gasteiger partial charge is 0.350 e. The molecular weight excluding hydrogens is 236 g/mol. The summed E-state index contributed by atoms with van der Waals surface area (Å²) in [6, 6.07) is 5.06. The lowest BCUT2D eigenvalue weighted by molar-refractivity contribution is 0.173. The zero-order valence-corrected chi connectivity index (χ0v) is 9.39. The van der Waals surface area contributed by atoms with Crippen molar-refractivity contribution in [3.8, 4) is 5.88 Å². The van der Waals surface area contributed by atoms with Crippen molar-refractivity contribution in [1.29, 1.82) is 0 Å². The van der Waals surface area contributed by atoms with Crippen molar-refractivity contribution in [2.24, 2.45) is 7.05 Å². The van der Waals surface area contributed by atoms with Gasteiger partial charge in [0.15, 0.2) is 0 Å². The number of pyridine rings is 1. The van der Waals surface area contributed by atoms with Crippen molar-refractivity contribution >= 4 is 11.2 Å². The lowest BCUT2D eigenvalue weighted by Crippen LogP contribution is -2.21. The molecule has 8 nitrogen and oxygen atoms in total. The smallest absolute Gasteiger partial charge is 0.334 e. The third-order valence-corrected chi connectivity index (χ3v) is 2.31. The molecule has 8 heteroatoms. The summed E-state index contributed by atoms with van der Waals surface area (Å²) in [7, 11) is 1.60. The van der Waals surface area contributed by atoms with Gasteiger partial charge in [-0.15, -0.1) is 5.10 Å². The molecule has 0 atom stereocenters. The highest BCUT2D eigenvalue weighted by Crippen LogP contribution is 2.08. The van der Waals surface area contributed by atoms with Crippen LogP contribution in [0.5, 0.6) is 5.88 Å². The number of hydrogen-bond acceptors (Lipinski definition) is 6. The van der Waals surface area contributed by atoms with Crippen LogP contribution in [-0.4, -0.2) is 29.7 Å². The third kappa shape index (κ3) is 1.69. The molecule has 0 aliphatic heterocycles. The third-order valence-electron chi connectivity index (χ3n) is 2.31. The quantitative estimate of drug-likeness (QED) is 0.618. The zero-order chi connectivity index (χ0) is 12.5. The van der Waals surface area contributed by atoms with E-state index < -0.39 is 5.69 Å². The maximum Gasteiger partial charge on any atom is 0.350 e. The van der Waals surface area contributed by atoms with Crippen molar-refractivity contribution in [1.82, 2.24) is 29.7 Å². The van der Waals surface area contributed by atoms with E-state index in [1.54, 1.807) is 37.6 Å². The van der Waals surface area contributed by atoms with Crippen molar-refractivity contribution in [2.45, 2.75) is 0 Å². The fourth-order valence-corrected chi connectivity index (χ4v) is 1.40. The predicted octanol–water partition coefficient (Wildman–Crippen LogP) is -0.238. The van der Waals surface area contributed by atoms with Gasteiger partial charge in [0, 0.05) is 25.5 Å². The van der Waals surface area contributed by atoms with Gasteiger partial charge in [-0.3, -0.25) is 0 Å². The standard InChI is InChI=1S/C10H8N6O2/c1-15-6-4-8(12-10(15)17)18-16-9-7(13-14-16)3-2-5-11-9/h2-6H,1H3. The van der Waals surface area contributed by atoms with Crippen LogP contribution in [0.25, 0.3) is 11.2 Å². The number of aryl methyl sites for hydroxylation is 1. The van der Waals surface area contributed by atoms with E-state index in [0.29, 0.717) is 11.2 Å². The zero-order valence-electron chi connectivity index (χ0n) is 9.39. The molecule has 0 unspecified atom stereocenters. The Morgan fingerprint density at radius 1 is 1.33 bits per heavy atom. The van der Waals surface area contributed by atoms with Gasteiger partial charge in [0.05, 0.1) is 0 Å². The minimum atomic E-state index is -0.412. The second-order valence-electron chi connectivity index (χ2n) is 3.56. The molecule has 90 valence electrons. The molecule has 0 aromatic carbocycles. The van der Waals surface area contributed by atoms with E-state index in [1.165, 1.54) is 4.57 Å². The number of aromatic nitrogens is 6. The van der Waals surface area contributed by atoms with E-state index in [0.717, 1.165) is 4.85 Å². The summed E-state index contributed by atoms with van der Waals surface area (Å²) in [5, 5.41) is 7.64. The first-order valence-corrected chi connectivity index (χ1v) is 5.12. The Labute approximate surface area is 100 Å². The van der Waals surface area contributed by atoms with E-state index in [9.17, 15) is 4.79 Å². The molecule has 0 bridgehead atoms. The summed E-state index contributed by atoms with van der Waals surface area (Å²) in [5.41, 5.74) is 0.645. The van der Waals surface area contributed by atoms with E-state index in [-0.39, 0.29) is 5.88 Å². The lowest BCUT2D eigenvalue weighted by atomic mass is 10.4. The molecule has 0 aliphatic rings. The number of nitrogens with zero attached hydrogens (tertiary/aromatic N) is 6. The number of hydrogen-bond donors (Lipinski definition) is 0. The van der Waals surface area contributed by atoms with Crippen molar-refractivity contribution < 1.29 is 4.84 Å². The Morgan fingerprint density at radius 2 is 2.22 bits per heavy atom. The fourth-order valence-electron chi connectivity index (χ4n) is 1.40. The molecule has 0 saturated carbocycles. The molecule has 0 N–H and O–H groups in total. The average molecular weight is 244 g/mol. The van der Waals surface area contributed by atoms with Crippen LogP contribution >= 0.6 is 0 Å². The molecule has 0 amide bonds. The van der Waals surface area contributed by atoms with Gasteiger partial charge in [-0.25, -0.2) is 9.78 Å². The molecule has 3 rings (SSSR count). The highest BCUT2D eigenvalue weighted by molar-refractivity contribution is 5.68. The molecular formula is C10H8N6O2. The molecule has 3 aromatic rings. The highest BCUT2D eigenvalue weighted by Gasteiger charge is 2.07. The summed E-state index contributed by atoms with van der Waals surface area (Å²) in [6.45, 7) is 0. The van der Waals surface area contributed by atoms with Gasteiger partial charge in [-0.1, -0.05) is 4.85 Å². The van der Waals surface area contributed by atoms with E-state index in [1.807, 2.05) is 0 Å². The highest BCUT2D eigenvalue weighted by atomic mass is 16.7. The Balaban J connectivity index is 2.01. The van der Waals surface area contributed by atoms with E-state index in [4.69, 9.17) is 4.84 Å². The number of fused-ring (bicyclic) bond motifs is 1. The van der Waals surface area contributed by atoms with Gasteiger partial charge in [0.1, 0.15) is 5.52 Å². The summed E-state index contributed by atoms with van der Waals surface area (Å²) in [5.74, 6) is 0.135. The molecule has 0 spiro atoms. The van der Waals surface area contributed by atoms with Gasteiger partial charge in [0.25, 0.3) is 5.88 Å². The Hall–Kier alpha value is -2.77. The van der Waals surface area contributed by atoms with E-state index in [2.05, 4.69) is 20.3 Å². The lowest BCUT2D eigenvalue weighted by Gasteiger charge is -2.02. The van der Waals surface area contributed by atoms with Crippen LogP contribution in [0.3, 0.4) is 0 Å². The predicted molar refractivity (Wildman–Crippen MR) is 60.8 cm³/mol. The average Bonchev–Trinajstić information content (AvgIpc) is 2.78. The summed E-state index contributed by atoms with van der Waals surface area (Å²) >= 11 is 0. The van der Waals surface area contributed by atoms with Crippen molar-refractivity contribution in [3.63, 3.8) is 0 Å². The normalized spacial score (nSPS) is 10.7. The summed E-state index contributed by atoms with van der Waals surface area (Å²) in [4.78, 5) is 25.6. The Morgan fingerprint density at radius 3 is 3.06 bits per heavy atom. The van der Waals surface area contributed by atoms with E-state index >= 15 is 0 Å². The maximum atomic E-state index is 11.3. The van der Waals surface area contributed by atoms with Gasteiger partial charge in [0.2, 0.25) is 5.65 Å². The monoisotopic (exact) mass is 244 g/mol. The first-order valence-electron chi connectivity index (χ1n) is 5.12. The second kappa shape index (κ2) is 3.91. The van der Waals surface area contributed by atoms with Crippen LogP contribution in [0.2, 0.25) is 0 Å². The fraction of sp³-hybridized carbons (Fsp3) is 0.100. The van der Waals surface area contributed by atoms with Crippen LogP contribution in [0.4, 0.5) is 0 Å². The Bertz CT molecular complexity index is 762. The Kier molecular flexibility index (Phi) is 2.26. The molecule has 18 heavy (non-hydrogen) atoms.